The Hall–Kier alpha value is -0.460. The molecule has 0 amide bonds. The van der Waals surface area contributed by atoms with Gasteiger partial charge in [0.25, 0.3) is 0 Å². The number of quaternary nitrogens is 2. The van der Waals surface area contributed by atoms with Gasteiger partial charge in [-0.3, -0.25) is 0 Å². The van der Waals surface area contributed by atoms with Gasteiger partial charge in [-0.25, -0.2) is 0 Å². The van der Waals surface area contributed by atoms with Gasteiger partial charge in [-0.05, 0) is 52.7 Å². The average Bonchev–Trinajstić information content (AvgIpc) is 2.85. The van der Waals surface area contributed by atoms with E-state index in [0.717, 1.165) is 46.0 Å². The minimum absolute atomic E-state index is 0. The van der Waals surface area contributed by atoms with Crippen LogP contribution in [0.25, 0.3) is 0 Å². The van der Waals surface area contributed by atoms with Gasteiger partial charge in [-0.15, -0.1) is 0 Å². The Morgan fingerprint density at radius 3 is 1.15 bits per heavy atom. The van der Waals surface area contributed by atoms with E-state index < -0.39 is 0 Å². The highest BCUT2D eigenvalue weighted by molar-refractivity contribution is 5.83. The van der Waals surface area contributed by atoms with E-state index in [9.17, 15) is 0 Å². The summed E-state index contributed by atoms with van der Waals surface area (Å²) in [7, 11) is 0. The predicted octanol–water partition coefficient (Wildman–Crippen LogP) is -1.07. The third-order valence-electron chi connectivity index (χ3n) is 7.25. The second-order valence-corrected chi connectivity index (χ2v) is 8.54. The monoisotopic (exact) mass is 702 g/mol. The first-order chi connectivity index (χ1) is 15.5. The Balaban J connectivity index is 0. The van der Waals surface area contributed by atoms with Crippen LogP contribution in [0, 0.1) is 0 Å². The molecule has 0 saturated heterocycles. The van der Waals surface area contributed by atoms with E-state index in [0.29, 0.717) is 13.2 Å². The zero-order valence-corrected chi connectivity index (χ0v) is 26.6. The molecule has 1 rings (SSSR count). The van der Waals surface area contributed by atoms with Crippen LogP contribution in [0.15, 0.2) is 34.6 Å². The average molecular weight is 703 g/mol. The smallest absolute Gasteiger partial charge is 0.122 e. The van der Waals surface area contributed by atoms with Gasteiger partial charge in [-0.1, -0.05) is 34.6 Å². The minimum Gasteiger partial charge on any atom is -1.00 e. The zero-order chi connectivity index (χ0) is 23.7. The summed E-state index contributed by atoms with van der Waals surface area (Å²) in [6, 6.07) is 8.04. The molecule has 34 heavy (non-hydrogen) atoms. The quantitative estimate of drug-likeness (QED) is 0.0644. The van der Waals surface area contributed by atoms with E-state index in [4.69, 9.17) is 9.68 Å². The predicted molar refractivity (Wildman–Crippen MR) is 136 cm³/mol. The van der Waals surface area contributed by atoms with Crippen molar-refractivity contribution in [2.75, 3.05) is 65.6 Å². The van der Waals surface area contributed by atoms with E-state index in [2.05, 4.69) is 51.9 Å². The van der Waals surface area contributed by atoms with Crippen molar-refractivity contribution in [2.24, 2.45) is 10.3 Å². The molecule has 0 radical (unpaired) electrons. The highest BCUT2D eigenvalue weighted by Crippen LogP contribution is 2.08. The number of rotatable bonds is 18. The number of benzene rings is 1. The van der Waals surface area contributed by atoms with Gasteiger partial charge in [0, 0.05) is 12.8 Å². The van der Waals surface area contributed by atoms with Crippen molar-refractivity contribution in [2.45, 2.75) is 54.4 Å². The summed E-state index contributed by atoms with van der Waals surface area (Å²) >= 11 is 0. The maximum atomic E-state index is 5.46. The van der Waals surface area contributed by atoms with Crippen LogP contribution in [0.1, 0.15) is 65.5 Å². The lowest BCUT2D eigenvalue weighted by atomic mass is 10.2. The van der Waals surface area contributed by atoms with Crippen molar-refractivity contribution in [1.82, 2.24) is 0 Å². The summed E-state index contributed by atoms with van der Waals surface area (Å²) in [5, 5.41) is 8.23. The van der Waals surface area contributed by atoms with Crippen LogP contribution in [0.2, 0.25) is 0 Å². The molecule has 0 unspecified atom stereocenters. The fourth-order valence-electron chi connectivity index (χ4n) is 4.19. The lowest BCUT2D eigenvalue weighted by Gasteiger charge is -2.35. The summed E-state index contributed by atoms with van der Waals surface area (Å²) in [4.78, 5) is 10.9. The van der Waals surface area contributed by atoms with Crippen LogP contribution in [0.4, 0.5) is 0 Å². The molecule has 1 aromatic rings. The third-order valence-corrected chi connectivity index (χ3v) is 7.25. The lowest BCUT2D eigenvalue weighted by molar-refractivity contribution is -0.923. The molecule has 0 bridgehead atoms. The summed E-state index contributed by atoms with van der Waals surface area (Å²) < 4.78 is 2.30. The number of oxime groups is 2. The largest absolute Gasteiger partial charge is 1.00 e. The molecular weight excluding hydrogens is 654 g/mol. The van der Waals surface area contributed by atoms with Crippen molar-refractivity contribution in [3.05, 3.63) is 35.4 Å². The van der Waals surface area contributed by atoms with E-state index in [1.165, 1.54) is 39.3 Å². The van der Waals surface area contributed by atoms with E-state index in [1.54, 1.807) is 12.4 Å². The van der Waals surface area contributed by atoms with E-state index in [-0.39, 0.29) is 48.0 Å². The molecule has 0 aliphatic rings. The number of hydrogen-bond acceptors (Lipinski definition) is 4. The van der Waals surface area contributed by atoms with Crippen LogP contribution in [-0.4, -0.2) is 87.0 Å². The van der Waals surface area contributed by atoms with Gasteiger partial charge in [0.1, 0.15) is 13.2 Å². The van der Waals surface area contributed by atoms with Crippen LogP contribution in [0.5, 0.6) is 0 Å². The van der Waals surface area contributed by atoms with Crippen molar-refractivity contribution in [1.29, 1.82) is 0 Å². The van der Waals surface area contributed by atoms with Gasteiger partial charge < -0.3 is 66.6 Å². The molecule has 0 N–H and O–H groups in total. The molecule has 198 valence electrons. The first kappa shape index (κ1) is 35.7. The number of nitrogens with zero attached hydrogens (tertiary/aromatic N) is 4. The van der Waals surface area contributed by atoms with Crippen LogP contribution < -0.4 is 48.0 Å². The molecule has 0 aliphatic carbocycles. The Morgan fingerprint density at radius 1 is 0.588 bits per heavy atom. The number of halogens is 2. The number of hydrogen-bond donors (Lipinski definition) is 0. The second kappa shape index (κ2) is 20.7. The molecule has 0 heterocycles. The Labute approximate surface area is 243 Å². The molecule has 0 saturated carbocycles. The van der Waals surface area contributed by atoms with Gasteiger partial charge in [0.15, 0.2) is 0 Å². The van der Waals surface area contributed by atoms with Crippen LogP contribution in [-0.2, 0) is 9.68 Å². The van der Waals surface area contributed by atoms with Crippen molar-refractivity contribution in [3.8, 4) is 0 Å². The first-order valence-corrected chi connectivity index (χ1v) is 12.6. The third kappa shape index (κ3) is 13.0. The molecule has 0 fully saturated rings. The Morgan fingerprint density at radius 2 is 0.882 bits per heavy atom. The summed E-state index contributed by atoms with van der Waals surface area (Å²) in [5.74, 6) is 0. The zero-order valence-electron chi connectivity index (χ0n) is 22.3. The molecule has 0 aliphatic heterocycles. The normalized spacial score (nSPS) is 11.9. The fourth-order valence-corrected chi connectivity index (χ4v) is 4.19. The summed E-state index contributed by atoms with van der Waals surface area (Å²) in [6.07, 6.45) is 5.58. The molecule has 1 aromatic carbocycles. The standard InChI is InChI=1S/C26H48N4O2.2HI/c1-7-29(8-2,9-3)19-13-21-31-27-23-25-15-17-26(18-16-25)24-28-32-22-14-20-30(10-4,11-5)12-6;;/h15-18,23-24H,7-14,19-22H2,1-6H3;2*1H/q+2;;/p-2/b27-23-,28-24-;;. The first-order valence-electron chi connectivity index (χ1n) is 12.6. The highest BCUT2D eigenvalue weighted by Gasteiger charge is 2.20. The lowest BCUT2D eigenvalue weighted by Crippen LogP contribution is -3.00. The maximum Gasteiger partial charge on any atom is 0.122 e. The van der Waals surface area contributed by atoms with Crippen molar-refractivity contribution < 1.29 is 66.6 Å². The molecule has 0 spiro atoms. The molecule has 6 nitrogen and oxygen atoms in total. The SMILES string of the molecule is CC[N+](CC)(CC)CCCO/N=C\c1ccc(/C=N\OCCC[N+](CC)(CC)CC)cc1.[I-].[I-]. The molecule has 0 atom stereocenters. The fraction of sp³-hybridized carbons (Fsp3) is 0.692. The van der Waals surface area contributed by atoms with Gasteiger partial charge >= 0.3 is 0 Å². The Bertz CT molecular complexity index is 588. The summed E-state index contributed by atoms with van der Waals surface area (Å²) in [5.41, 5.74) is 2.02. The molecule has 0 aromatic heterocycles. The van der Waals surface area contributed by atoms with E-state index >= 15 is 0 Å². The van der Waals surface area contributed by atoms with Crippen molar-refractivity contribution in [3.63, 3.8) is 0 Å². The Kier molecular flexibility index (Phi) is 21.7. The van der Waals surface area contributed by atoms with Gasteiger partial charge in [-0.2, -0.15) is 0 Å². The minimum atomic E-state index is 0. The van der Waals surface area contributed by atoms with Crippen LogP contribution in [0.3, 0.4) is 0 Å². The van der Waals surface area contributed by atoms with E-state index in [1.807, 2.05) is 24.3 Å². The van der Waals surface area contributed by atoms with Crippen molar-refractivity contribution >= 4 is 12.4 Å². The van der Waals surface area contributed by atoms with Gasteiger partial charge in [0.2, 0.25) is 0 Å². The molecular formula is C26H48I2N4O2. The second-order valence-electron chi connectivity index (χ2n) is 8.54. The topological polar surface area (TPSA) is 43.2 Å². The summed E-state index contributed by atoms with van der Waals surface area (Å²) in [6.45, 7) is 24.3. The maximum absolute atomic E-state index is 5.46. The highest BCUT2D eigenvalue weighted by atomic mass is 127. The van der Waals surface area contributed by atoms with Gasteiger partial charge in [0.05, 0.1) is 64.8 Å². The molecule has 8 heteroatoms. The van der Waals surface area contributed by atoms with Crippen LogP contribution >= 0.6 is 0 Å².